The van der Waals surface area contributed by atoms with Gasteiger partial charge in [-0.05, 0) is 31.7 Å². The van der Waals surface area contributed by atoms with Crippen LogP contribution in [-0.2, 0) is 6.54 Å². The molecule has 2 aromatic rings. The molecule has 3 nitrogen and oxygen atoms in total. The highest BCUT2D eigenvalue weighted by atomic mass is 32.1. The number of nitrogens with one attached hydrogen (secondary N) is 1. The van der Waals surface area contributed by atoms with Crippen LogP contribution in [0.3, 0.4) is 0 Å². The van der Waals surface area contributed by atoms with E-state index in [-0.39, 0.29) is 5.54 Å². The zero-order chi connectivity index (χ0) is 13.0. The van der Waals surface area contributed by atoms with Crippen LogP contribution in [0, 0.1) is 0 Å². The number of aromatic nitrogens is 2. The molecule has 0 atom stereocenters. The second kappa shape index (κ2) is 5.67. The molecule has 98 valence electrons. The van der Waals surface area contributed by atoms with Gasteiger partial charge in [0.2, 0.25) is 0 Å². The SMILES string of the molecule is CCC(C)(C)NCCn1ccnc1-c1cccs1. The minimum absolute atomic E-state index is 0.212. The lowest BCUT2D eigenvalue weighted by atomic mass is 10.0. The van der Waals surface area contributed by atoms with Crippen molar-refractivity contribution in [2.24, 2.45) is 0 Å². The molecule has 0 fully saturated rings. The summed E-state index contributed by atoms with van der Waals surface area (Å²) in [5, 5.41) is 5.66. The fraction of sp³-hybridized carbons (Fsp3) is 0.500. The van der Waals surface area contributed by atoms with Gasteiger partial charge in [-0.15, -0.1) is 11.3 Å². The Morgan fingerprint density at radius 1 is 1.44 bits per heavy atom. The summed E-state index contributed by atoms with van der Waals surface area (Å²) in [6.45, 7) is 8.61. The lowest BCUT2D eigenvalue weighted by Gasteiger charge is -2.24. The maximum absolute atomic E-state index is 4.44. The molecule has 0 saturated heterocycles. The van der Waals surface area contributed by atoms with Crippen LogP contribution >= 0.6 is 11.3 Å². The van der Waals surface area contributed by atoms with E-state index in [0.717, 1.165) is 25.3 Å². The number of imidazole rings is 1. The Bertz CT molecular complexity index is 471. The molecular formula is C14H21N3S. The van der Waals surface area contributed by atoms with Gasteiger partial charge in [-0.25, -0.2) is 4.98 Å². The summed E-state index contributed by atoms with van der Waals surface area (Å²) >= 11 is 1.73. The molecule has 2 aromatic heterocycles. The van der Waals surface area contributed by atoms with E-state index in [1.165, 1.54) is 4.88 Å². The summed E-state index contributed by atoms with van der Waals surface area (Å²) in [5.74, 6) is 1.07. The lowest BCUT2D eigenvalue weighted by Crippen LogP contribution is -2.40. The first-order valence-electron chi connectivity index (χ1n) is 6.42. The molecule has 2 rings (SSSR count). The molecule has 1 N–H and O–H groups in total. The normalized spacial score (nSPS) is 11.9. The van der Waals surface area contributed by atoms with Gasteiger partial charge in [-0.3, -0.25) is 0 Å². The van der Waals surface area contributed by atoms with E-state index in [9.17, 15) is 0 Å². The fourth-order valence-corrected chi connectivity index (χ4v) is 2.50. The Hall–Kier alpha value is -1.13. The Labute approximate surface area is 113 Å². The van der Waals surface area contributed by atoms with Gasteiger partial charge in [-0.1, -0.05) is 13.0 Å². The van der Waals surface area contributed by atoms with Crippen molar-refractivity contribution in [2.45, 2.75) is 39.3 Å². The summed E-state index contributed by atoms with van der Waals surface area (Å²) in [6.07, 6.45) is 5.06. The van der Waals surface area contributed by atoms with Crippen LogP contribution in [0.4, 0.5) is 0 Å². The predicted octanol–water partition coefficient (Wildman–Crippen LogP) is 3.39. The quantitative estimate of drug-likeness (QED) is 0.865. The van der Waals surface area contributed by atoms with Gasteiger partial charge in [0.25, 0.3) is 0 Å². The van der Waals surface area contributed by atoms with Crippen LogP contribution in [0.5, 0.6) is 0 Å². The second-order valence-electron chi connectivity index (χ2n) is 5.09. The minimum atomic E-state index is 0.212. The van der Waals surface area contributed by atoms with Crippen molar-refractivity contribution in [3.63, 3.8) is 0 Å². The molecule has 0 aliphatic carbocycles. The van der Waals surface area contributed by atoms with E-state index in [1.54, 1.807) is 11.3 Å². The van der Waals surface area contributed by atoms with Crippen molar-refractivity contribution in [2.75, 3.05) is 6.54 Å². The van der Waals surface area contributed by atoms with E-state index in [4.69, 9.17) is 0 Å². The smallest absolute Gasteiger partial charge is 0.150 e. The van der Waals surface area contributed by atoms with Crippen molar-refractivity contribution in [1.29, 1.82) is 0 Å². The highest BCUT2D eigenvalue weighted by Crippen LogP contribution is 2.22. The number of nitrogens with zero attached hydrogens (tertiary/aromatic N) is 2. The van der Waals surface area contributed by atoms with Crippen LogP contribution < -0.4 is 5.32 Å². The third kappa shape index (κ3) is 3.21. The molecule has 0 bridgehead atoms. The molecule has 0 unspecified atom stereocenters. The number of hydrogen-bond acceptors (Lipinski definition) is 3. The molecule has 0 saturated carbocycles. The average Bonchev–Trinajstić information content (AvgIpc) is 2.98. The molecule has 18 heavy (non-hydrogen) atoms. The molecule has 0 radical (unpaired) electrons. The maximum atomic E-state index is 4.44. The lowest BCUT2D eigenvalue weighted by molar-refractivity contribution is 0.368. The Kier molecular flexibility index (Phi) is 4.19. The van der Waals surface area contributed by atoms with Gasteiger partial charge in [0.15, 0.2) is 0 Å². The van der Waals surface area contributed by atoms with E-state index in [2.05, 4.69) is 59.3 Å². The van der Waals surface area contributed by atoms with Gasteiger partial charge < -0.3 is 9.88 Å². The summed E-state index contributed by atoms with van der Waals surface area (Å²) in [6, 6.07) is 4.18. The van der Waals surface area contributed by atoms with Crippen LogP contribution in [0.25, 0.3) is 10.7 Å². The van der Waals surface area contributed by atoms with Crippen molar-refractivity contribution in [3.05, 3.63) is 29.9 Å². The van der Waals surface area contributed by atoms with Gasteiger partial charge in [0.1, 0.15) is 5.82 Å². The molecule has 0 amide bonds. The minimum Gasteiger partial charge on any atom is -0.329 e. The summed E-state index contributed by atoms with van der Waals surface area (Å²) in [4.78, 5) is 5.67. The molecule has 0 aromatic carbocycles. The second-order valence-corrected chi connectivity index (χ2v) is 6.03. The molecule has 0 spiro atoms. The van der Waals surface area contributed by atoms with Crippen LogP contribution in [-0.4, -0.2) is 21.6 Å². The number of hydrogen-bond donors (Lipinski definition) is 1. The molecular weight excluding hydrogens is 242 g/mol. The van der Waals surface area contributed by atoms with E-state index in [1.807, 2.05) is 6.20 Å². The van der Waals surface area contributed by atoms with Crippen molar-refractivity contribution >= 4 is 11.3 Å². The molecule has 2 heterocycles. The number of thiophene rings is 1. The van der Waals surface area contributed by atoms with Gasteiger partial charge in [-0.2, -0.15) is 0 Å². The first kappa shape index (κ1) is 13.3. The first-order chi connectivity index (χ1) is 8.62. The van der Waals surface area contributed by atoms with E-state index >= 15 is 0 Å². The average molecular weight is 263 g/mol. The van der Waals surface area contributed by atoms with Crippen LogP contribution in [0.2, 0.25) is 0 Å². The van der Waals surface area contributed by atoms with Crippen LogP contribution in [0.15, 0.2) is 29.9 Å². The van der Waals surface area contributed by atoms with Crippen LogP contribution in [0.1, 0.15) is 27.2 Å². The highest BCUT2D eigenvalue weighted by molar-refractivity contribution is 7.13. The molecule has 4 heteroatoms. The van der Waals surface area contributed by atoms with Crippen molar-refractivity contribution in [1.82, 2.24) is 14.9 Å². The maximum Gasteiger partial charge on any atom is 0.150 e. The Morgan fingerprint density at radius 2 is 2.28 bits per heavy atom. The summed E-state index contributed by atoms with van der Waals surface area (Å²) in [7, 11) is 0. The zero-order valence-electron chi connectivity index (χ0n) is 11.3. The Balaban J connectivity index is 1.97. The number of rotatable bonds is 6. The predicted molar refractivity (Wildman–Crippen MR) is 77.9 cm³/mol. The standard InChI is InChI=1S/C14H21N3S/c1-4-14(2,3)16-8-10-17-9-7-15-13(17)12-6-5-11-18-12/h5-7,9,11,16H,4,8,10H2,1-3H3. The largest absolute Gasteiger partial charge is 0.329 e. The monoisotopic (exact) mass is 263 g/mol. The highest BCUT2D eigenvalue weighted by Gasteiger charge is 2.13. The van der Waals surface area contributed by atoms with Crippen molar-refractivity contribution in [3.8, 4) is 10.7 Å². The summed E-state index contributed by atoms with van der Waals surface area (Å²) < 4.78 is 2.21. The zero-order valence-corrected chi connectivity index (χ0v) is 12.1. The summed E-state index contributed by atoms with van der Waals surface area (Å²) in [5.41, 5.74) is 0.212. The first-order valence-corrected chi connectivity index (χ1v) is 7.30. The van der Waals surface area contributed by atoms with E-state index in [0.29, 0.717) is 0 Å². The van der Waals surface area contributed by atoms with Gasteiger partial charge in [0, 0.05) is 31.0 Å². The van der Waals surface area contributed by atoms with E-state index < -0.39 is 0 Å². The van der Waals surface area contributed by atoms with Gasteiger partial charge >= 0.3 is 0 Å². The fourth-order valence-electron chi connectivity index (χ4n) is 1.76. The molecule has 0 aliphatic rings. The Morgan fingerprint density at radius 3 is 2.94 bits per heavy atom. The molecule has 0 aliphatic heterocycles. The topological polar surface area (TPSA) is 29.9 Å². The third-order valence-electron chi connectivity index (χ3n) is 3.30. The van der Waals surface area contributed by atoms with Gasteiger partial charge in [0.05, 0.1) is 4.88 Å². The van der Waals surface area contributed by atoms with Crippen molar-refractivity contribution < 1.29 is 0 Å². The third-order valence-corrected chi connectivity index (χ3v) is 4.16.